The van der Waals surface area contributed by atoms with Gasteiger partial charge in [-0.1, -0.05) is 79.3 Å². The molecule has 24 nitrogen and oxygen atoms in total. The molecular weight excluding hydrogens is 1200 g/mol. The smallest absolute Gasteiger partial charge is 0.246 e. The van der Waals surface area contributed by atoms with E-state index in [-0.39, 0.29) is 50.9 Å². The number of hydrogen-bond donors (Lipinski definition) is 12. The van der Waals surface area contributed by atoms with Crippen molar-refractivity contribution < 1.29 is 57.8 Å². The molecule has 16 N–H and O–H groups in total. The van der Waals surface area contributed by atoms with Gasteiger partial charge in [-0.3, -0.25) is 47.9 Å². The molecule has 446 valence electrons. The minimum Gasteiger partial charge on any atom is -0.497 e. The number of likely N-dealkylation sites (tertiary alicyclic amines) is 1. The molecule has 2 aromatic rings. The van der Waals surface area contributed by atoms with Gasteiger partial charge in [0, 0.05) is 45.6 Å². The van der Waals surface area contributed by atoms with Gasteiger partial charge >= 0.3 is 0 Å². The number of methoxy groups -OCH3 is 1. The van der Waals surface area contributed by atoms with Crippen LogP contribution in [0.5, 0.6) is 5.75 Å². The molecule has 0 radical (unpaired) electrons. The van der Waals surface area contributed by atoms with E-state index in [9.17, 15) is 48.3 Å². The Bertz CT molecular complexity index is 2580. The number of amides is 10. The first-order chi connectivity index (χ1) is 38.5. The van der Waals surface area contributed by atoms with Gasteiger partial charge in [0.25, 0.3) is 0 Å². The van der Waals surface area contributed by atoms with E-state index in [1.54, 1.807) is 56.3 Å². The summed E-state index contributed by atoms with van der Waals surface area (Å²) in [5.41, 5.74) is 25.0. The van der Waals surface area contributed by atoms with Crippen LogP contribution in [0.3, 0.4) is 0 Å². The fourth-order valence-corrected chi connectivity index (χ4v) is 13.9. The van der Waals surface area contributed by atoms with E-state index in [0.717, 1.165) is 22.8 Å². The van der Waals surface area contributed by atoms with Crippen molar-refractivity contribution in [1.82, 2.24) is 42.1 Å². The van der Waals surface area contributed by atoms with Gasteiger partial charge in [0.05, 0.1) is 19.6 Å². The third-order valence-electron chi connectivity index (χ3n) is 14.8. The molecule has 5 rings (SSSR count). The zero-order valence-corrected chi connectivity index (χ0v) is 50.0. The van der Waals surface area contributed by atoms with E-state index >= 15 is 4.79 Å². The van der Waals surface area contributed by atoms with Crippen LogP contribution >= 0.6 is 44.2 Å². The number of nitrogens with one attached hydrogen (secondary N) is 7. The highest BCUT2D eigenvalue weighted by Gasteiger charge is 2.43. The maximum absolute atomic E-state index is 15.0. The van der Waals surface area contributed by atoms with E-state index in [2.05, 4.69) is 37.2 Å². The molecule has 3 fully saturated rings. The summed E-state index contributed by atoms with van der Waals surface area (Å²) in [6.07, 6.45) is 2.46. The zero-order valence-electron chi connectivity index (χ0n) is 46.2. The van der Waals surface area contributed by atoms with Crippen LogP contribution < -0.4 is 64.9 Å². The van der Waals surface area contributed by atoms with Gasteiger partial charge < -0.3 is 74.9 Å². The molecule has 10 atom stereocenters. The van der Waals surface area contributed by atoms with Crippen LogP contribution in [0.25, 0.3) is 0 Å². The molecule has 1 spiro atoms. The summed E-state index contributed by atoms with van der Waals surface area (Å²) in [4.78, 5) is 141. The van der Waals surface area contributed by atoms with Gasteiger partial charge in [-0.2, -0.15) is 0 Å². The summed E-state index contributed by atoms with van der Waals surface area (Å²) in [5, 5.41) is 29.7. The van der Waals surface area contributed by atoms with Crippen molar-refractivity contribution in [3.63, 3.8) is 0 Å². The van der Waals surface area contributed by atoms with E-state index in [4.69, 9.17) is 27.7 Å². The predicted molar refractivity (Wildman–Crippen MR) is 315 cm³/mol. The Labute approximate surface area is 493 Å². The predicted octanol–water partition coefficient (Wildman–Crippen LogP) is 0.0663. The van der Waals surface area contributed by atoms with Crippen LogP contribution in [0.15, 0.2) is 42.5 Å². The number of carbonyl (C=O) groups is 10. The Kier molecular flexibility index (Phi) is 25.6. The average Bonchev–Trinajstić information content (AvgIpc) is 3.94. The number of nitrogen functional groups attached to an aromatic ring is 1. The summed E-state index contributed by atoms with van der Waals surface area (Å²) in [6, 6.07) is 1.09. The van der Waals surface area contributed by atoms with Gasteiger partial charge in [-0.25, -0.2) is 0 Å². The molecule has 0 aromatic heterocycles. The Morgan fingerprint density at radius 1 is 0.840 bits per heavy atom. The number of benzene rings is 2. The third kappa shape index (κ3) is 19.3. The first kappa shape index (κ1) is 65.9. The Hall–Kier alpha value is -5.91. The molecule has 2 saturated heterocycles. The fraction of sp³-hybridized carbons (Fsp3) is 0.593. The van der Waals surface area contributed by atoms with Crippen molar-refractivity contribution in [2.45, 2.75) is 170 Å². The Balaban J connectivity index is 1.48. The van der Waals surface area contributed by atoms with Crippen LogP contribution in [0.4, 0.5) is 5.69 Å². The molecular formula is C54H79IN12O12S2. The van der Waals surface area contributed by atoms with Gasteiger partial charge in [0.1, 0.15) is 54.1 Å². The van der Waals surface area contributed by atoms with Crippen molar-refractivity contribution in [1.29, 1.82) is 0 Å². The van der Waals surface area contributed by atoms with Crippen LogP contribution in [-0.4, -0.2) is 154 Å². The molecule has 27 heteroatoms. The third-order valence-corrected chi connectivity index (χ3v) is 19.1. The Morgan fingerprint density at radius 2 is 1.49 bits per heavy atom. The second-order valence-electron chi connectivity index (χ2n) is 21.1. The molecule has 2 heterocycles. The molecule has 0 unspecified atom stereocenters. The number of nitrogens with two attached hydrogens (primary N) is 4. The van der Waals surface area contributed by atoms with Crippen molar-refractivity contribution in [3.8, 4) is 5.75 Å². The van der Waals surface area contributed by atoms with Gasteiger partial charge in [-0.15, -0.1) is 0 Å². The molecule has 0 bridgehead atoms. The molecule has 2 aromatic carbocycles. The average molecular weight is 1280 g/mol. The number of ether oxygens (including phenoxy) is 1. The number of rotatable bonds is 19. The van der Waals surface area contributed by atoms with E-state index < -0.39 is 131 Å². The van der Waals surface area contributed by atoms with Gasteiger partial charge in [0.2, 0.25) is 59.1 Å². The monoisotopic (exact) mass is 1280 g/mol. The quantitative estimate of drug-likeness (QED) is 0.0503. The lowest BCUT2D eigenvalue weighted by atomic mass is 9.85. The largest absolute Gasteiger partial charge is 0.497 e. The SMILES string of the molecule is CC[C@H](C)[C@@H]1NC(=O)[C@H](Cc2ccc(OC)cc2)NC(=O)CC2(CCCCC2)SSC[C@@H](C(=O)N2CCC[C@H]2C(=O)N[C@@H](CCCN)C(=O)N[C@@H](Cc2ccc(N)c(I)c2)C(N)=O)NC(=O)[C@H](CC(N)=O)NC(=O)[C@H]([C@@H](C)O)NC1=O. The standard InChI is InChI=1S/C54H79IN12O12S2/c1-5-29(2)44-51(76)66-45(30(3)68)52(77)63-39(26-42(58)69)48(73)64-40(28-80-81-54(19-7-6-8-20-54)27-43(70)60-38(49(74)65-44)24-31-13-16-33(79-4)17-14-31)53(78)67-22-10-12-41(67)50(75)61-36(11-9-21-56)47(72)62-37(46(59)71)25-32-15-18-35(57)34(55)23-32/h13-18,23,29-30,36-41,44-45,68H,5-12,19-22,24-28,56-57H2,1-4H3,(H2,58,69)(H2,59,71)(H,60,70)(H,61,75)(H,62,72)(H,63,77)(H,64,73)(H,65,74)(H,66,76)/t29-,30+,36-,37-,38-,39-,40-,41-,44-,45-/m0/s1. The molecule has 3 aliphatic rings. The first-order valence-corrected chi connectivity index (χ1v) is 30.7. The normalized spacial score (nSPS) is 23.9. The van der Waals surface area contributed by atoms with Crippen LogP contribution in [-0.2, 0) is 60.8 Å². The zero-order chi connectivity index (χ0) is 59.6. The second kappa shape index (κ2) is 31.5. The summed E-state index contributed by atoms with van der Waals surface area (Å²) in [6.45, 7) is 4.91. The summed E-state index contributed by atoms with van der Waals surface area (Å²) >= 11 is 2.05. The number of anilines is 1. The lowest BCUT2D eigenvalue weighted by Crippen LogP contribution is -2.63. The van der Waals surface area contributed by atoms with Crippen molar-refractivity contribution >= 4 is 109 Å². The Morgan fingerprint density at radius 3 is 2.11 bits per heavy atom. The van der Waals surface area contributed by atoms with Gasteiger partial charge in [0.15, 0.2) is 0 Å². The van der Waals surface area contributed by atoms with Crippen LogP contribution in [0.1, 0.15) is 109 Å². The van der Waals surface area contributed by atoms with Crippen molar-refractivity contribution in [3.05, 3.63) is 57.2 Å². The number of halogens is 1. The first-order valence-electron chi connectivity index (χ1n) is 27.3. The number of primary amides is 2. The highest BCUT2D eigenvalue weighted by Crippen LogP contribution is 2.48. The van der Waals surface area contributed by atoms with E-state index in [0.29, 0.717) is 54.7 Å². The van der Waals surface area contributed by atoms with Crippen LogP contribution in [0.2, 0.25) is 0 Å². The van der Waals surface area contributed by atoms with Gasteiger partial charge in [-0.05, 0) is 116 Å². The lowest BCUT2D eigenvalue weighted by Gasteiger charge is -2.37. The highest BCUT2D eigenvalue weighted by molar-refractivity contribution is 14.1. The topological polar surface area (TPSA) is 392 Å². The molecule has 1 aliphatic carbocycles. The summed E-state index contributed by atoms with van der Waals surface area (Å²) in [5.74, 6) is -8.26. The molecule has 1 saturated carbocycles. The lowest BCUT2D eigenvalue weighted by molar-refractivity contribution is -0.142. The minimum absolute atomic E-state index is 0.0203. The molecule has 10 amide bonds. The molecule has 81 heavy (non-hydrogen) atoms. The maximum atomic E-state index is 15.0. The van der Waals surface area contributed by atoms with Crippen molar-refractivity contribution in [2.75, 3.05) is 31.7 Å². The second-order valence-corrected chi connectivity index (χ2v) is 25.0. The van der Waals surface area contributed by atoms with E-state index in [1.807, 2.05) is 22.6 Å². The number of carbonyl (C=O) groups excluding carboxylic acids is 10. The number of nitrogens with zero attached hydrogens (tertiary/aromatic N) is 1. The summed E-state index contributed by atoms with van der Waals surface area (Å²) in [7, 11) is 4.07. The number of hydrogen-bond acceptors (Lipinski definition) is 16. The highest BCUT2D eigenvalue weighted by atomic mass is 127. The molecule has 2 aliphatic heterocycles. The minimum atomic E-state index is -1.75. The maximum Gasteiger partial charge on any atom is 0.246 e. The summed E-state index contributed by atoms with van der Waals surface area (Å²) < 4.78 is 5.33. The number of aliphatic hydroxyl groups is 1. The van der Waals surface area contributed by atoms with Crippen LogP contribution in [0, 0.1) is 9.49 Å². The van der Waals surface area contributed by atoms with Crippen molar-refractivity contribution in [2.24, 2.45) is 23.1 Å². The van der Waals surface area contributed by atoms with E-state index in [1.165, 1.54) is 40.5 Å². The fourth-order valence-electron chi connectivity index (χ4n) is 9.97. The number of aliphatic hydroxyl groups excluding tert-OH is 1.